The maximum atomic E-state index is 12.5. The fourth-order valence-electron chi connectivity index (χ4n) is 2.90. The van der Waals surface area contributed by atoms with Crippen LogP contribution in [-0.2, 0) is 22.2 Å². The summed E-state index contributed by atoms with van der Waals surface area (Å²) in [5.41, 5.74) is 0.779. The second-order valence-corrected chi connectivity index (χ2v) is 9.19. The molecule has 1 fully saturated rings. The molecule has 0 bridgehead atoms. The van der Waals surface area contributed by atoms with Crippen LogP contribution >= 0.6 is 11.3 Å². The highest BCUT2D eigenvalue weighted by Gasteiger charge is 2.28. The first-order valence-electron chi connectivity index (χ1n) is 8.61. The van der Waals surface area contributed by atoms with Crippen LogP contribution < -0.4 is 5.32 Å². The molecule has 1 aromatic heterocycles. The molecule has 0 radical (unpaired) electrons. The molecule has 1 aliphatic rings. The highest BCUT2D eigenvalue weighted by Crippen LogP contribution is 2.14. The molecule has 6 nitrogen and oxygen atoms in total. The summed E-state index contributed by atoms with van der Waals surface area (Å²) in [4.78, 5) is 15.1. The summed E-state index contributed by atoms with van der Waals surface area (Å²) in [7, 11) is -3.36. The van der Waals surface area contributed by atoms with Crippen LogP contribution in [-0.4, -0.2) is 56.4 Å². The van der Waals surface area contributed by atoms with Crippen LogP contribution in [0.5, 0.6) is 0 Å². The van der Waals surface area contributed by atoms with Crippen LogP contribution in [0.1, 0.15) is 10.4 Å². The minimum Gasteiger partial charge on any atom is -0.338 e. The molecule has 26 heavy (non-hydrogen) atoms. The molecule has 2 heterocycles. The zero-order valence-electron chi connectivity index (χ0n) is 14.5. The standard InChI is InChI=1S/C18H23N3O3S2/c22-18(19-9-8-17-7-4-14-25-17)20-10-12-21(13-11-20)26(23,24)15-16-5-2-1-3-6-16/h1-7,14H,8-13,15H2,(H,19,22). The fraction of sp³-hybridized carbons (Fsp3) is 0.389. The van der Waals surface area contributed by atoms with E-state index in [9.17, 15) is 13.2 Å². The molecule has 1 aromatic carbocycles. The van der Waals surface area contributed by atoms with Gasteiger partial charge in [0.1, 0.15) is 0 Å². The van der Waals surface area contributed by atoms with Crippen LogP contribution in [0.2, 0.25) is 0 Å². The van der Waals surface area contributed by atoms with Gasteiger partial charge in [0.05, 0.1) is 5.75 Å². The van der Waals surface area contributed by atoms with Crippen molar-refractivity contribution in [3.63, 3.8) is 0 Å². The van der Waals surface area contributed by atoms with E-state index in [-0.39, 0.29) is 11.8 Å². The Morgan fingerprint density at radius 1 is 1.04 bits per heavy atom. The molecule has 0 unspecified atom stereocenters. The summed E-state index contributed by atoms with van der Waals surface area (Å²) in [6, 6.07) is 13.1. The highest BCUT2D eigenvalue weighted by molar-refractivity contribution is 7.88. The average molecular weight is 394 g/mol. The summed E-state index contributed by atoms with van der Waals surface area (Å²) < 4.78 is 26.6. The molecule has 2 amide bonds. The molecule has 140 valence electrons. The van der Waals surface area contributed by atoms with Gasteiger partial charge in [-0.05, 0) is 23.4 Å². The van der Waals surface area contributed by atoms with Gasteiger partial charge in [0.25, 0.3) is 0 Å². The molecule has 1 saturated heterocycles. The van der Waals surface area contributed by atoms with E-state index >= 15 is 0 Å². The topological polar surface area (TPSA) is 69.7 Å². The Morgan fingerprint density at radius 3 is 2.42 bits per heavy atom. The minimum absolute atomic E-state index is 0.000843. The van der Waals surface area contributed by atoms with E-state index in [1.165, 1.54) is 9.18 Å². The van der Waals surface area contributed by atoms with E-state index in [1.54, 1.807) is 16.2 Å². The van der Waals surface area contributed by atoms with Gasteiger partial charge in [-0.25, -0.2) is 13.2 Å². The molecule has 3 rings (SSSR count). The second-order valence-electron chi connectivity index (χ2n) is 6.19. The number of piperazine rings is 1. The van der Waals surface area contributed by atoms with E-state index in [0.717, 1.165) is 12.0 Å². The Bertz CT molecular complexity index is 799. The minimum atomic E-state index is -3.36. The Morgan fingerprint density at radius 2 is 1.77 bits per heavy atom. The predicted molar refractivity (Wildman–Crippen MR) is 104 cm³/mol. The Labute approximate surface area is 158 Å². The van der Waals surface area contributed by atoms with Crippen molar-refractivity contribution in [1.82, 2.24) is 14.5 Å². The number of nitrogens with one attached hydrogen (secondary N) is 1. The number of urea groups is 1. The molecular weight excluding hydrogens is 370 g/mol. The zero-order chi connectivity index (χ0) is 18.4. The summed E-state index contributed by atoms with van der Waals surface area (Å²) in [5.74, 6) is 0.000843. The SMILES string of the molecule is O=C(NCCc1cccs1)N1CCN(S(=O)(=O)Cc2ccccc2)CC1. The third-order valence-corrected chi connectivity index (χ3v) is 7.13. The van der Waals surface area contributed by atoms with Crippen molar-refractivity contribution < 1.29 is 13.2 Å². The van der Waals surface area contributed by atoms with Crippen molar-refractivity contribution in [2.75, 3.05) is 32.7 Å². The number of sulfonamides is 1. The van der Waals surface area contributed by atoms with Crippen molar-refractivity contribution in [2.24, 2.45) is 0 Å². The third-order valence-electron chi connectivity index (χ3n) is 4.34. The quantitative estimate of drug-likeness (QED) is 0.818. The van der Waals surface area contributed by atoms with Crippen molar-refractivity contribution in [3.8, 4) is 0 Å². The van der Waals surface area contributed by atoms with Crippen molar-refractivity contribution >= 4 is 27.4 Å². The molecule has 0 spiro atoms. The van der Waals surface area contributed by atoms with Crippen molar-refractivity contribution in [3.05, 3.63) is 58.3 Å². The predicted octanol–water partition coefficient (Wildman–Crippen LogP) is 2.15. The molecule has 0 aliphatic carbocycles. The first kappa shape index (κ1) is 18.9. The number of thiophene rings is 1. The van der Waals surface area contributed by atoms with E-state index in [4.69, 9.17) is 0 Å². The molecule has 1 N–H and O–H groups in total. The third kappa shape index (κ3) is 5.06. The number of hydrogen-bond acceptors (Lipinski definition) is 4. The smallest absolute Gasteiger partial charge is 0.317 e. The zero-order valence-corrected chi connectivity index (χ0v) is 16.1. The van der Waals surface area contributed by atoms with Gasteiger partial charge in [-0.1, -0.05) is 36.4 Å². The number of benzene rings is 1. The molecular formula is C18H23N3O3S2. The van der Waals surface area contributed by atoms with Crippen molar-refractivity contribution in [1.29, 1.82) is 0 Å². The van der Waals surface area contributed by atoms with E-state index in [1.807, 2.05) is 47.8 Å². The van der Waals surface area contributed by atoms with Crippen LogP contribution in [0, 0.1) is 0 Å². The number of carbonyl (C=O) groups excluding carboxylic acids is 1. The van der Waals surface area contributed by atoms with Crippen LogP contribution in [0.4, 0.5) is 4.79 Å². The van der Waals surface area contributed by atoms with E-state index in [0.29, 0.717) is 32.7 Å². The summed E-state index contributed by atoms with van der Waals surface area (Å²) in [6.45, 7) is 2.10. The highest BCUT2D eigenvalue weighted by atomic mass is 32.2. The van der Waals surface area contributed by atoms with Crippen molar-refractivity contribution in [2.45, 2.75) is 12.2 Å². The summed E-state index contributed by atoms with van der Waals surface area (Å²) >= 11 is 1.68. The number of nitrogens with zero attached hydrogens (tertiary/aromatic N) is 2. The second kappa shape index (κ2) is 8.66. The first-order chi connectivity index (χ1) is 12.5. The van der Waals surface area contributed by atoms with E-state index < -0.39 is 10.0 Å². The Kier molecular flexibility index (Phi) is 6.29. The normalized spacial score (nSPS) is 15.8. The largest absolute Gasteiger partial charge is 0.338 e. The Balaban J connectivity index is 1.45. The van der Waals surface area contributed by atoms with Crippen LogP contribution in [0.15, 0.2) is 47.8 Å². The van der Waals surface area contributed by atoms with Crippen LogP contribution in [0.3, 0.4) is 0 Å². The van der Waals surface area contributed by atoms with Gasteiger partial charge in [0.15, 0.2) is 0 Å². The molecule has 2 aromatic rings. The summed E-state index contributed by atoms with van der Waals surface area (Å²) in [6.07, 6.45) is 0.814. The number of rotatable bonds is 6. The molecule has 0 atom stereocenters. The molecule has 8 heteroatoms. The van der Waals surface area contributed by atoms with Gasteiger partial charge in [-0.2, -0.15) is 4.31 Å². The lowest BCUT2D eigenvalue weighted by atomic mass is 10.2. The van der Waals surface area contributed by atoms with Gasteiger partial charge in [-0.3, -0.25) is 0 Å². The lowest BCUT2D eigenvalue weighted by Gasteiger charge is -2.34. The first-order valence-corrected chi connectivity index (χ1v) is 11.1. The average Bonchev–Trinajstić information content (AvgIpc) is 3.16. The molecule has 0 saturated carbocycles. The van der Waals surface area contributed by atoms with Crippen LogP contribution in [0.25, 0.3) is 0 Å². The Hall–Kier alpha value is -1.90. The van der Waals surface area contributed by atoms with Gasteiger partial charge >= 0.3 is 6.03 Å². The number of carbonyl (C=O) groups is 1. The van der Waals surface area contributed by atoms with Gasteiger partial charge in [-0.15, -0.1) is 11.3 Å². The maximum absolute atomic E-state index is 12.5. The maximum Gasteiger partial charge on any atom is 0.317 e. The van der Waals surface area contributed by atoms with E-state index in [2.05, 4.69) is 5.32 Å². The monoisotopic (exact) mass is 393 g/mol. The van der Waals surface area contributed by atoms with Gasteiger partial charge in [0, 0.05) is 37.6 Å². The summed E-state index contributed by atoms with van der Waals surface area (Å²) in [5, 5.41) is 4.93. The number of amides is 2. The lowest BCUT2D eigenvalue weighted by Crippen LogP contribution is -2.53. The molecule has 1 aliphatic heterocycles. The van der Waals surface area contributed by atoms with Gasteiger partial charge in [0.2, 0.25) is 10.0 Å². The fourth-order valence-corrected chi connectivity index (χ4v) is 5.13. The number of hydrogen-bond donors (Lipinski definition) is 1. The lowest BCUT2D eigenvalue weighted by molar-refractivity contribution is 0.172. The van der Waals surface area contributed by atoms with Gasteiger partial charge < -0.3 is 10.2 Å².